The molecule has 1 aromatic rings. The molecule has 0 amide bonds. The van der Waals surface area contributed by atoms with E-state index < -0.39 is 10.1 Å². The lowest BCUT2D eigenvalue weighted by atomic mass is 10.1. The summed E-state index contributed by atoms with van der Waals surface area (Å²) in [5, 5.41) is 1.87. The molecule has 0 aliphatic heterocycles. The van der Waals surface area contributed by atoms with Gasteiger partial charge in [-0.2, -0.15) is 0 Å². The van der Waals surface area contributed by atoms with Crippen molar-refractivity contribution in [2.45, 2.75) is 82.4 Å². The van der Waals surface area contributed by atoms with E-state index in [0.717, 1.165) is 13.0 Å². The van der Waals surface area contributed by atoms with E-state index in [-0.39, 0.29) is 4.90 Å². The summed E-state index contributed by atoms with van der Waals surface area (Å²) in [4.78, 5) is -0.104. The van der Waals surface area contributed by atoms with Gasteiger partial charge in [0.05, 0.1) is 6.54 Å². The third kappa shape index (κ3) is 9.40. The van der Waals surface area contributed by atoms with Crippen LogP contribution >= 0.6 is 0 Å². The van der Waals surface area contributed by atoms with Crippen molar-refractivity contribution in [3.05, 3.63) is 24.3 Å². The van der Waals surface area contributed by atoms with Gasteiger partial charge in [-0.1, -0.05) is 76.8 Å². The number of hydrogen-bond acceptors (Lipinski definition) is 3. The van der Waals surface area contributed by atoms with Gasteiger partial charge in [0.25, 0.3) is 0 Å². The van der Waals surface area contributed by atoms with E-state index in [0.29, 0.717) is 5.69 Å². The molecule has 0 aliphatic carbocycles. The smallest absolute Gasteiger partial charge is 0.147 e. The standard InChI is InChI=1S/C19H33NO3S/c1-2-3-4-5-6-7-8-9-10-11-14-17-20-18-15-12-13-16-19(18)24(21,22)23/h12-13,15-16,20H,2-11,14,17H2,1H3,(H,21,22,23). The van der Waals surface area contributed by atoms with Gasteiger partial charge in [-0.05, 0) is 18.9 Å². The van der Waals surface area contributed by atoms with E-state index in [2.05, 4.69) is 6.92 Å². The first-order valence-electron chi connectivity index (χ1n) is 9.44. The molecule has 0 radical (unpaired) electrons. The van der Waals surface area contributed by atoms with Crippen molar-refractivity contribution in [2.24, 2.45) is 0 Å². The van der Waals surface area contributed by atoms with Crippen LogP contribution in [0.4, 0.5) is 5.69 Å². The molecule has 0 fully saturated rings. The molecule has 0 unspecified atom stereocenters. The first kappa shape index (κ1) is 21.1. The van der Waals surface area contributed by atoms with Crippen LogP contribution in [0.15, 0.2) is 29.2 Å². The largest absolute Gasteiger partial charge is 0.744 e. The molecule has 0 bridgehead atoms. The van der Waals surface area contributed by atoms with Gasteiger partial charge in [0.15, 0.2) is 0 Å². The quantitative estimate of drug-likeness (QED) is 0.310. The zero-order valence-corrected chi connectivity index (χ0v) is 15.8. The Bertz CT molecular complexity index is 543. The molecule has 5 heteroatoms. The number of unbranched alkanes of at least 4 members (excludes halogenated alkanes) is 10. The monoisotopic (exact) mass is 355 g/mol. The topological polar surface area (TPSA) is 73.8 Å². The van der Waals surface area contributed by atoms with Crippen LogP contribution in [-0.2, 0) is 10.1 Å². The summed E-state index contributed by atoms with van der Waals surface area (Å²) in [5.41, 5.74) is 0.541. The number of nitrogens with two attached hydrogens (primary N) is 1. The SMILES string of the molecule is CCCCCCCCCCCCC[NH2+]c1ccccc1S(=O)(=O)[O-]. The number of quaternary nitrogens is 1. The Kier molecular flexibility index (Phi) is 11.0. The van der Waals surface area contributed by atoms with Gasteiger partial charge in [0.2, 0.25) is 0 Å². The minimum atomic E-state index is -4.38. The molecule has 0 aromatic heterocycles. The fourth-order valence-electron chi connectivity index (χ4n) is 2.94. The van der Waals surface area contributed by atoms with E-state index in [4.69, 9.17) is 0 Å². The van der Waals surface area contributed by atoms with Gasteiger partial charge in [0, 0.05) is 6.07 Å². The first-order valence-corrected chi connectivity index (χ1v) is 10.8. The second-order valence-corrected chi connectivity index (χ2v) is 7.87. The molecular formula is C19H33NO3S. The van der Waals surface area contributed by atoms with Gasteiger partial charge in [0.1, 0.15) is 20.7 Å². The van der Waals surface area contributed by atoms with Crippen LogP contribution in [0.3, 0.4) is 0 Å². The van der Waals surface area contributed by atoms with Crippen molar-refractivity contribution in [1.29, 1.82) is 0 Å². The maximum atomic E-state index is 11.2. The molecule has 138 valence electrons. The van der Waals surface area contributed by atoms with Crippen molar-refractivity contribution in [2.75, 3.05) is 6.54 Å². The second kappa shape index (κ2) is 12.5. The summed E-state index contributed by atoms with van der Waals surface area (Å²) in [7, 11) is -4.38. The summed E-state index contributed by atoms with van der Waals surface area (Å²) in [6.07, 6.45) is 14.2. The Balaban J connectivity index is 2.05. The molecule has 2 N–H and O–H groups in total. The van der Waals surface area contributed by atoms with E-state index in [1.807, 2.05) is 5.32 Å². The number of rotatable bonds is 14. The van der Waals surface area contributed by atoms with Crippen LogP contribution < -0.4 is 5.32 Å². The van der Waals surface area contributed by atoms with Crippen molar-refractivity contribution in [1.82, 2.24) is 0 Å². The molecule has 4 nitrogen and oxygen atoms in total. The predicted octanol–water partition coefficient (Wildman–Crippen LogP) is 4.10. The van der Waals surface area contributed by atoms with Gasteiger partial charge in [-0.15, -0.1) is 0 Å². The van der Waals surface area contributed by atoms with E-state index in [1.54, 1.807) is 18.2 Å². The highest BCUT2D eigenvalue weighted by atomic mass is 32.2. The Morgan fingerprint density at radius 1 is 0.833 bits per heavy atom. The van der Waals surface area contributed by atoms with Gasteiger partial charge >= 0.3 is 0 Å². The Labute approximate surface area is 147 Å². The fourth-order valence-corrected chi connectivity index (χ4v) is 3.63. The van der Waals surface area contributed by atoms with Crippen molar-refractivity contribution in [3.8, 4) is 0 Å². The molecule has 0 saturated carbocycles. The van der Waals surface area contributed by atoms with Crippen LogP contribution in [0.25, 0.3) is 0 Å². The van der Waals surface area contributed by atoms with Crippen molar-refractivity contribution >= 4 is 15.8 Å². The van der Waals surface area contributed by atoms with Crippen LogP contribution in [0, 0.1) is 0 Å². The lowest BCUT2D eigenvalue weighted by Crippen LogP contribution is -2.78. The number of hydrogen-bond donors (Lipinski definition) is 1. The Hall–Kier alpha value is -0.910. The van der Waals surface area contributed by atoms with E-state index in [1.165, 1.54) is 70.3 Å². The minimum Gasteiger partial charge on any atom is -0.744 e. The number of para-hydroxylation sites is 1. The van der Waals surface area contributed by atoms with Crippen LogP contribution in [0.1, 0.15) is 77.6 Å². The molecule has 1 aromatic carbocycles. The van der Waals surface area contributed by atoms with Crippen LogP contribution in [-0.4, -0.2) is 19.5 Å². The molecule has 0 spiro atoms. The lowest BCUT2D eigenvalue weighted by Gasteiger charge is -2.10. The Morgan fingerprint density at radius 3 is 1.88 bits per heavy atom. The van der Waals surface area contributed by atoms with Gasteiger partial charge < -0.3 is 9.87 Å². The zero-order valence-electron chi connectivity index (χ0n) is 15.0. The van der Waals surface area contributed by atoms with E-state index in [9.17, 15) is 13.0 Å². The first-order chi connectivity index (χ1) is 11.6. The van der Waals surface area contributed by atoms with Crippen LogP contribution in [0.2, 0.25) is 0 Å². The van der Waals surface area contributed by atoms with E-state index >= 15 is 0 Å². The lowest BCUT2D eigenvalue weighted by molar-refractivity contribution is -0.574. The van der Waals surface area contributed by atoms with Crippen molar-refractivity contribution < 1.29 is 18.3 Å². The highest BCUT2D eigenvalue weighted by Crippen LogP contribution is 2.15. The predicted molar refractivity (Wildman–Crippen MR) is 97.3 cm³/mol. The Morgan fingerprint density at radius 2 is 1.33 bits per heavy atom. The third-order valence-corrected chi connectivity index (χ3v) is 5.27. The van der Waals surface area contributed by atoms with Gasteiger partial charge in [-0.3, -0.25) is 0 Å². The van der Waals surface area contributed by atoms with Gasteiger partial charge in [-0.25, -0.2) is 8.42 Å². The maximum Gasteiger partial charge on any atom is 0.147 e. The summed E-state index contributed by atoms with van der Waals surface area (Å²) in [6.45, 7) is 3.07. The second-order valence-electron chi connectivity index (χ2n) is 6.52. The summed E-state index contributed by atoms with van der Waals surface area (Å²) in [5.74, 6) is 0. The molecule has 1 rings (SSSR count). The average molecular weight is 356 g/mol. The van der Waals surface area contributed by atoms with Crippen molar-refractivity contribution in [3.63, 3.8) is 0 Å². The molecule has 0 aliphatic rings. The zero-order chi connectivity index (χ0) is 17.7. The molecule has 24 heavy (non-hydrogen) atoms. The normalized spacial score (nSPS) is 11.8. The molecule has 0 heterocycles. The molecular weight excluding hydrogens is 322 g/mol. The highest BCUT2D eigenvalue weighted by molar-refractivity contribution is 7.85. The summed E-state index contributed by atoms with van der Waals surface area (Å²) in [6, 6.07) is 6.43. The highest BCUT2D eigenvalue weighted by Gasteiger charge is 2.10. The summed E-state index contributed by atoms with van der Waals surface area (Å²) < 4.78 is 33.6. The maximum absolute atomic E-state index is 11.2. The number of benzene rings is 1. The fraction of sp³-hybridized carbons (Fsp3) is 0.684. The minimum absolute atomic E-state index is 0.104. The molecule has 0 atom stereocenters. The third-order valence-electron chi connectivity index (χ3n) is 4.36. The molecule has 0 saturated heterocycles. The average Bonchev–Trinajstić information content (AvgIpc) is 2.55. The summed E-state index contributed by atoms with van der Waals surface area (Å²) >= 11 is 0. The van der Waals surface area contributed by atoms with Crippen LogP contribution in [0.5, 0.6) is 0 Å².